The first-order valence-corrected chi connectivity index (χ1v) is 7.24. The number of hydrogen-bond donors (Lipinski definition) is 0. The number of aryl methyl sites for hydroxylation is 1. The first-order chi connectivity index (χ1) is 9.13. The number of benzene rings is 1. The van der Waals surface area contributed by atoms with Gasteiger partial charge in [-0.25, -0.2) is 4.39 Å². The molecule has 19 heavy (non-hydrogen) atoms. The fourth-order valence-electron chi connectivity index (χ4n) is 2.79. The molecule has 0 bridgehead atoms. The van der Waals surface area contributed by atoms with E-state index in [1.165, 1.54) is 24.0 Å². The summed E-state index contributed by atoms with van der Waals surface area (Å²) in [5, 5.41) is 0. The van der Waals surface area contributed by atoms with Crippen molar-refractivity contribution >= 4 is 0 Å². The highest BCUT2D eigenvalue weighted by Crippen LogP contribution is 2.45. The van der Waals surface area contributed by atoms with Gasteiger partial charge in [-0.3, -0.25) is 0 Å². The number of rotatable bonds is 4. The Bertz CT molecular complexity index is 514. The van der Waals surface area contributed by atoms with Crippen molar-refractivity contribution in [3.63, 3.8) is 0 Å². The van der Waals surface area contributed by atoms with Crippen LogP contribution >= 0.6 is 0 Å². The largest absolute Gasteiger partial charge is 0.489 e. The summed E-state index contributed by atoms with van der Waals surface area (Å²) in [7, 11) is 0. The lowest BCUT2D eigenvalue weighted by Gasteiger charge is -2.13. The van der Waals surface area contributed by atoms with Crippen LogP contribution in [0.2, 0.25) is 0 Å². The Hall–Kier alpha value is -1.31. The highest BCUT2D eigenvalue weighted by Gasteiger charge is 2.28. The third-order valence-electron chi connectivity index (χ3n) is 4.14. The molecule has 0 aromatic heterocycles. The molecule has 2 heteroatoms. The average Bonchev–Trinajstić information content (AvgIpc) is 3.14. The molecule has 2 aliphatic carbocycles. The summed E-state index contributed by atoms with van der Waals surface area (Å²) >= 11 is 0. The van der Waals surface area contributed by atoms with Crippen LogP contribution in [0.4, 0.5) is 4.39 Å². The lowest BCUT2D eigenvalue weighted by molar-refractivity contribution is 0.340. The predicted molar refractivity (Wildman–Crippen MR) is 75.1 cm³/mol. The Labute approximate surface area is 114 Å². The maximum atomic E-state index is 13.7. The van der Waals surface area contributed by atoms with E-state index in [-0.39, 0.29) is 5.82 Å². The smallest absolute Gasteiger partial charge is 0.129 e. The number of halogens is 1. The van der Waals surface area contributed by atoms with Crippen LogP contribution in [0.5, 0.6) is 5.75 Å². The second-order valence-corrected chi connectivity index (χ2v) is 6.11. The normalized spacial score (nSPS) is 22.5. The lowest BCUT2D eigenvalue weighted by Crippen LogP contribution is -2.04. The van der Waals surface area contributed by atoms with Gasteiger partial charge in [0.05, 0.1) is 0 Å². The van der Waals surface area contributed by atoms with Gasteiger partial charge in [-0.1, -0.05) is 13.0 Å². The molecule has 0 spiro atoms. The highest BCUT2D eigenvalue weighted by atomic mass is 19.1. The van der Waals surface area contributed by atoms with Crippen molar-refractivity contribution in [1.29, 1.82) is 0 Å². The van der Waals surface area contributed by atoms with Crippen LogP contribution in [0.25, 0.3) is 0 Å². The summed E-state index contributed by atoms with van der Waals surface area (Å²) in [6.45, 7) is 4.70. The minimum Gasteiger partial charge on any atom is -0.489 e. The van der Waals surface area contributed by atoms with Gasteiger partial charge in [0.2, 0.25) is 0 Å². The van der Waals surface area contributed by atoms with E-state index in [1.807, 2.05) is 13.0 Å². The predicted octanol–water partition coefficient (Wildman–Crippen LogP) is 4.75. The van der Waals surface area contributed by atoms with Gasteiger partial charge >= 0.3 is 0 Å². The molecule has 1 saturated carbocycles. The maximum absolute atomic E-state index is 13.7. The summed E-state index contributed by atoms with van der Waals surface area (Å²) in [6.07, 6.45) is 6.96. The van der Waals surface area contributed by atoms with Gasteiger partial charge in [0.15, 0.2) is 0 Å². The van der Waals surface area contributed by atoms with E-state index in [2.05, 4.69) is 13.0 Å². The number of allylic oxidation sites excluding steroid dienone is 1. The summed E-state index contributed by atoms with van der Waals surface area (Å²) in [4.78, 5) is 0. The monoisotopic (exact) mass is 260 g/mol. The molecule has 0 heterocycles. The molecule has 1 atom stereocenters. The molecule has 1 aromatic carbocycles. The minimum absolute atomic E-state index is 0.159. The minimum atomic E-state index is -0.159. The molecule has 102 valence electrons. The Morgan fingerprint density at radius 2 is 2.11 bits per heavy atom. The van der Waals surface area contributed by atoms with E-state index in [4.69, 9.17) is 4.74 Å². The fourth-order valence-corrected chi connectivity index (χ4v) is 2.79. The van der Waals surface area contributed by atoms with Crippen LogP contribution in [0.1, 0.15) is 49.7 Å². The van der Waals surface area contributed by atoms with Crippen molar-refractivity contribution in [3.05, 3.63) is 40.7 Å². The van der Waals surface area contributed by atoms with Crippen LogP contribution in [0, 0.1) is 18.7 Å². The van der Waals surface area contributed by atoms with Gasteiger partial charge in [0.1, 0.15) is 18.2 Å². The van der Waals surface area contributed by atoms with Crippen LogP contribution < -0.4 is 4.74 Å². The third kappa shape index (κ3) is 2.83. The van der Waals surface area contributed by atoms with Crippen molar-refractivity contribution in [1.82, 2.24) is 0 Å². The second kappa shape index (κ2) is 4.99. The van der Waals surface area contributed by atoms with E-state index in [0.29, 0.717) is 12.5 Å². The zero-order valence-electron chi connectivity index (χ0n) is 11.7. The zero-order valence-corrected chi connectivity index (χ0v) is 11.7. The summed E-state index contributed by atoms with van der Waals surface area (Å²) < 4.78 is 19.6. The van der Waals surface area contributed by atoms with E-state index < -0.39 is 0 Å². The third-order valence-corrected chi connectivity index (χ3v) is 4.14. The molecule has 0 N–H and O–H groups in total. The topological polar surface area (TPSA) is 9.23 Å². The lowest BCUT2D eigenvalue weighted by atomic mass is 10.1. The Morgan fingerprint density at radius 1 is 1.32 bits per heavy atom. The van der Waals surface area contributed by atoms with Crippen molar-refractivity contribution < 1.29 is 9.13 Å². The van der Waals surface area contributed by atoms with Crippen molar-refractivity contribution in [3.8, 4) is 5.75 Å². The first kappa shape index (κ1) is 12.7. The van der Waals surface area contributed by atoms with Crippen LogP contribution in [-0.2, 0) is 0 Å². The summed E-state index contributed by atoms with van der Waals surface area (Å²) in [5.41, 5.74) is 3.28. The van der Waals surface area contributed by atoms with Crippen LogP contribution in [0.3, 0.4) is 0 Å². The Morgan fingerprint density at radius 3 is 2.74 bits per heavy atom. The molecular weight excluding hydrogens is 239 g/mol. The van der Waals surface area contributed by atoms with Crippen LogP contribution in [0.15, 0.2) is 23.8 Å². The van der Waals surface area contributed by atoms with Gasteiger partial charge in [-0.05, 0) is 67.2 Å². The molecule has 0 amide bonds. The van der Waals surface area contributed by atoms with Crippen molar-refractivity contribution in [2.45, 2.75) is 45.4 Å². The van der Waals surface area contributed by atoms with Crippen molar-refractivity contribution in [2.24, 2.45) is 5.92 Å². The van der Waals surface area contributed by atoms with Gasteiger partial charge < -0.3 is 4.74 Å². The maximum Gasteiger partial charge on any atom is 0.129 e. The fraction of sp³-hybridized carbons (Fsp3) is 0.529. The SMILES string of the molecule is Cc1cc(C2CC2)c(OCC2=CCC(C)C2)cc1F. The van der Waals surface area contributed by atoms with Gasteiger partial charge in [0, 0.05) is 6.07 Å². The molecule has 0 radical (unpaired) electrons. The number of hydrogen-bond acceptors (Lipinski definition) is 1. The second-order valence-electron chi connectivity index (χ2n) is 6.11. The molecule has 0 aliphatic heterocycles. The van der Waals surface area contributed by atoms with E-state index >= 15 is 0 Å². The van der Waals surface area contributed by atoms with Crippen LogP contribution in [-0.4, -0.2) is 6.61 Å². The molecule has 2 aliphatic rings. The first-order valence-electron chi connectivity index (χ1n) is 7.24. The standard InChI is InChI=1S/C17H21FO/c1-11-3-4-13(7-11)10-19-17-9-16(18)12(2)8-15(17)14-5-6-14/h4,8-9,11,14H,3,5-7,10H2,1-2H3. The summed E-state index contributed by atoms with van der Waals surface area (Å²) in [5.74, 6) is 1.92. The molecule has 3 rings (SSSR count). The van der Waals surface area contributed by atoms with Gasteiger partial charge in [-0.15, -0.1) is 0 Å². The molecule has 0 saturated heterocycles. The summed E-state index contributed by atoms with van der Waals surface area (Å²) in [6, 6.07) is 3.54. The average molecular weight is 260 g/mol. The Balaban J connectivity index is 1.74. The molecule has 1 aromatic rings. The molecule has 1 fully saturated rings. The molecule has 1 unspecified atom stereocenters. The quantitative estimate of drug-likeness (QED) is 0.710. The Kier molecular flexibility index (Phi) is 3.34. The van der Waals surface area contributed by atoms with E-state index in [9.17, 15) is 4.39 Å². The zero-order chi connectivity index (χ0) is 13.4. The van der Waals surface area contributed by atoms with E-state index in [0.717, 1.165) is 30.1 Å². The molecule has 1 nitrogen and oxygen atoms in total. The van der Waals surface area contributed by atoms with E-state index in [1.54, 1.807) is 6.07 Å². The highest BCUT2D eigenvalue weighted by molar-refractivity contribution is 5.42. The molecular formula is C17H21FO. The van der Waals surface area contributed by atoms with Gasteiger partial charge in [0.25, 0.3) is 0 Å². The van der Waals surface area contributed by atoms with Gasteiger partial charge in [-0.2, -0.15) is 0 Å². The number of ether oxygens (including phenoxy) is 1. The van der Waals surface area contributed by atoms with Crippen molar-refractivity contribution in [2.75, 3.05) is 6.61 Å².